The zero-order chi connectivity index (χ0) is 22.8. The highest BCUT2D eigenvalue weighted by molar-refractivity contribution is 8.03. The summed E-state index contributed by atoms with van der Waals surface area (Å²) in [6.45, 7) is 10.1. The summed E-state index contributed by atoms with van der Waals surface area (Å²) in [7, 11) is 1.54. The highest BCUT2D eigenvalue weighted by Gasteiger charge is 2.67. The van der Waals surface area contributed by atoms with E-state index >= 15 is 0 Å². The average Bonchev–Trinajstić information content (AvgIpc) is 2.95. The second-order valence-electron chi connectivity index (χ2n) is 8.49. The third-order valence-electron chi connectivity index (χ3n) is 6.14. The molecule has 1 amide bonds. The minimum atomic E-state index is -1.27. The second-order valence-corrected chi connectivity index (χ2v) is 9.55. The Kier molecular flexibility index (Phi) is 7.10. The smallest absolute Gasteiger partial charge is 0.404 e. The molecule has 0 bridgehead atoms. The second kappa shape index (κ2) is 9.28. The fourth-order valence-corrected chi connectivity index (χ4v) is 5.67. The Morgan fingerprint density at radius 2 is 2.13 bits per heavy atom. The van der Waals surface area contributed by atoms with Crippen LogP contribution >= 0.6 is 11.8 Å². The molecule has 1 saturated heterocycles. The number of thioether (sulfide) groups is 1. The van der Waals surface area contributed by atoms with Gasteiger partial charge in [0.15, 0.2) is 5.16 Å². The summed E-state index contributed by atoms with van der Waals surface area (Å²) < 4.78 is 17.7. The van der Waals surface area contributed by atoms with Gasteiger partial charge in [0.25, 0.3) is 0 Å². The van der Waals surface area contributed by atoms with Gasteiger partial charge in [-0.2, -0.15) is 0 Å². The van der Waals surface area contributed by atoms with Crippen molar-refractivity contribution in [1.82, 2.24) is 9.97 Å². The normalized spacial score (nSPS) is 34.6. The first-order valence-electron chi connectivity index (χ1n) is 10.3. The van der Waals surface area contributed by atoms with Crippen LogP contribution in [-0.2, 0) is 14.2 Å². The minimum absolute atomic E-state index is 0.457. The summed E-state index contributed by atoms with van der Waals surface area (Å²) in [5.41, 5.74) is 4.24. The summed E-state index contributed by atoms with van der Waals surface area (Å²) >= 11 is 1.32. The van der Waals surface area contributed by atoms with E-state index in [4.69, 9.17) is 19.9 Å². The molecular formula is C22H31N3O5S. The van der Waals surface area contributed by atoms with Gasteiger partial charge in [-0.15, -0.1) is 0 Å². The number of carbonyl (C=O) groups is 1. The van der Waals surface area contributed by atoms with E-state index in [0.717, 1.165) is 5.57 Å². The number of carbonyl (C=O) groups excluding carboxylic acids is 1. The topological polar surface area (TPSA) is 117 Å². The van der Waals surface area contributed by atoms with Crippen LogP contribution in [-0.4, -0.2) is 57.8 Å². The first-order valence-corrected chi connectivity index (χ1v) is 11.1. The number of hydrogen-bond acceptors (Lipinski definition) is 8. The number of amides is 1. The van der Waals surface area contributed by atoms with Gasteiger partial charge in [-0.25, -0.2) is 14.8 Å². The summed E-state index contributed by atoms with van der Waals surface area (Å²) in [6.07, 6.45) is 4.26. The molecule has 0 spiro atoms. The lowest BCUT2D eigenvalue weighted by molar-refractivity contribution is -0.148. The van der Waals surface area contributed by atoms with Crippen molar-refractivity contribution in [2.75, 3.05) is 7.11 Å². The molecule has 0 radical (unpaired) electrons. The lowest BCUT2D eigenvalue weighted by atomic mass is 9.65. The van der Waals surface area contributed by atoms with E-state index in [1.807, 2.05) is 19.9 Å². The number of hydrogen-bond donors (Lipinski definition) is 2. The number of allylic oxidation sites excluding steroid dienone is 1. The van der Waals surface area contributed by atoms with Crippen LogP contribution in [0.1, 0.15) is 40.0 Å². The number of nitrogens with zero attached hydrogens (tertiary/aromatic N) is 2. The Morgan fingerprint density at radius 3 is 2.71 bits per heavy atom. The Hall–Kier alpha value is -1.94. The lowest BCUT2D eigenvalue weighted by Crippen LogP contribution is -2.59. The molecule has 8 nitrogen and oxygen atoms in total. The molecule has 170 valence electrons. The van der Waals surface area contributed by atoms with Gasteiger partial charge in [-0.1, -0.05) is 30.0 Å². The van der Waals surface area contributed by atoms with Gasteiger partial charge >= 0.3 is 6.09 Å². The van der Waals surface area contributed by atoms with Crippen LogP contribution in [0.5, 0.6) is 0 Å². The maximum atomic E-state index is 11.7. The number of methoxy groups -OCH3 is 1. The maximum Gasteiger partial charge on any atom is 0.404 e. The van der Waals surface area contributed by atoms with E-state index in [1.165, 1.54) is 18.9 Å². The van der Waals surface area contributed by atoms with E-state index in [1.54, 1.807) is 25.4 Å². The SMILES string of the molecule is C=C(Sc1ncccn1)[C@@]12CCC(OC(N)=O)C(OC)C1[C@](C)(O)[C@H](CC=C(C)C)O2. The molecule has 6 atom stereocenters. The molecule has 1 aromatic heterocycles. The highest BCUT2D eigenvalue weighted by Crippen LogP contribution is 2.58. The molecule has 3 rings (SSSR count). The first-order chi connectivity index (χ1) is 14.6. The lowest BCUT2D eigenvalue weighted by Gasteiger charge is -2.48. The molecule has 2 aliphatic rings. The third-order valence-corrected chi connectivity index (χ3v) is 7.13. The van der Waals surface area contributed by atoms with Crippen molar-refractivity contribution in [1.29, 1.82) is 0 Å². The number of rotatable bonds is 7. The van der Waals surface area contributed by atoms with Crippen LogP contribution in [0.3, 0.4) is 0 Å². The molecule has 9 heteroatoms. The summed E-state index contributed by atoms with van der Waals surface area (Å²) in [5.74, 6) is -0.539. The molecule has 3 N–H and O–H groups in total. The molecule has 3 unspecified atom stereocenters. The number of fused-ring (bicyclic) bond motifs is 1. The molecule has 1 aromatic rings. The van der Waals surface area contributed by atoms with Crippen LogP contribution in [0.25, 0.3) is 0 Å². The monoisotopic (exact) mass is 449 g/mol. The molecular weight excluding hydrogens is 418 g/mol. The van der Waals surface area contributed by atoms with Gasteiger partial charge in [0.2, 0.25) is 0 Å². The van der Waals surface area contributed by atoms with Crippen LogP contribution < -0.4 is 5.73 Å². The Morgan fingerprint density at radius 1 is 1.45 bits per heavy atom. The Balaban J connectivity index is 2.01. The van der Waals surface area contributed by atoms with Crippen LogP contribution in [0.2, 0.25) is 0 Å². The van der Waals surface area contributed by atoms with Crippen molar-refractivity contribution in [3.8, 4) is 0 Å². The molecule has 1 saturated carbocycles. The van der Waals surface area contributed by atoms with Crippen molar-refractivity contribution in [3.63, 3.8) is 0 Å². The predicted molar refractivity (Wildman–Crippen MR) is 117 cm³/mol. The van der Waals surface area contributed by atoms with Gasteiger partial charge in [-0.3, -0.25) is 0 Å². The van der Waals surface area contributed by atoms with Crippen LogP contribution in [0.4, 0.5) is 4.79 Å². The van der Waals surface area contributed by atoms with Gasteiger partial charge in [-0.05, 0) is 46.1 Å². The number of aromatic nitrogens is 2. The van der Waals surface area contributed by atoms with Crippen molar-refractivity contribution in [2.45, 2.75) is 74.7 Å². The Bertz CT molecular complexity index is 843. The fourth-order valence-electron chi connectivity index (χ4n) is 4.77. The zero-order valence-electron chi connectivity index (χ0n) is 18.4. The van der Waals surface area contributed by atoms with E-state index in [2.05, 4.69) is 16.5 Å². The molecule has 0 aromatic carbocycles. The maximum absolute atomic E-state index is 11.7. The van der Waals surface area contributed by atoms with Crippen molar-refractivity contribution >= 4 is 17.9 Å². The molecule has 2 fully saturated rings. The van der Waals surface area contributed by atoms with Crippen molar-refractivity contribution in [3.05, 3.63) is 41.6 Å². The Labute approximate surface area is 187 Å². The van der Waals surface area contributed by atoms with Gasteiger partial charge in [0.05, 0.1) is 17.6 Å². The average molecular weight is 450 g/mol. The summed E-state index contributed by atoms with van der Waals surface area (Å²) in [5, 5.41) is 12.3. The van der Waals surface area contributed by atoms with Gasteiger partial charge in [0, 0.05) is 24.4 Å². The zero-order valence-corrected chi connectivity index (χ0v) is 19.2. The van der Waals surface area contributed by atoms with E-state index in [9.17, 15) is 9.90 Å². The fraction of sp³-hybridized carbons (Fsp3) is 0.591. The van der Waals surface area contributed by atoms with E-state index in [0.29, 0.717) is 29.3 Å². The largest absolute Gasteiger partial charge is 0.444 e. The standard InChI is InChI=1S/C22H31N3O5S/c1-13(2)7-8-16-21(4,27)18-17(28-5)15(29-19(23)26)9-10-22(18,30-16)14(3)31-20-24-11-6-12-25-20/h6-7,11-12,15-18,27H,3,8-10H2,1-2,4-5H3,(H2,23,26)/t15?,16-,17?,18?,21+,22-/m0/s1. The van der Waals surface area contributed by atoms with Gasteiger partial charge < -0.3 is 25.1 Å². The third kappa shape index (κ3) is 4.64. The van der Waals surface area contributed by atoms with Crippen LogP contribution in [0.15, 0.2) is 46.7 Å². The highest BCUT2D eigenvalue weighted by atomic mass is 32.2. The molecule has 1 aliphatic heterocycles. The summed E-state index contributed by atoms with van der Waals surface area (Å²) in [6, 6.07) is 1.74. The number of ether oxygens (including phenoxy) is 3. The number of primary amides is 1. The molecule has 1 aliphatic carbocycles. The number of aliphatic hydroxyl groups is 1. The van der Waals surface area contributed by atoms with Crippen molar-refractivity contribution < 1.29 is 24.1 Å². The first kappa shape index (κ1) is 23.7. The van der Waals surface area contributed by atoms with E-state index in [-0.39, 0.29) is 0 Å². The van der Waals surface area contributed by atoms with Gasteiger partial charge in [0.1, 0.15) is 17.8 Å². The molecule has 2 heterocycles. The van der Waals surface area contributed by atoms with Crippen molar-refractivity contribution in [2.24, 2.45) is 11.7 Å². The number of nitrogens with two attached hydrogens (primary N) is 1. The van der Waals surface area contributed by atoms with Crippen LogP contribution in [0, 0.1) is 5.92 Å². The minimum Gasteiger partial charge on any atom is -0.444 e. The quantitative estimate of drug-likeness (QED) is 0.370. The van der Waals surface area contributed by atoms with E-state index < -0.39 is 41.5 Å². The predicted octanol–water partition coefficient (Wildman–Crippen LogP) is 3.22. The summed E-state index contributed by atoms with van der Waals surface area (Å²) in [4.78, 5) is 20.7. The molecule has 31 heavy (non-hydrogen) atoms.